The fourth-order valence-corrected chi connectivity index (χ4v) is 4.17. The van der Waals surface area contributed by atoms with Crippen LogP contribution in [0.3, 0.4) is 0 Å². The smallest absolute Gasteiger partial charge is 0.269 e. The fourth-order valence-electron chi connectivity index (χ4n) is 3.86. The molecule has 1 unspecified atom stereocenters. The Morgan fingerprint density at radius 1 is 1.13 bits per heavy atom. The number of non-ortho nitro benzene ring substituents is 1. The number of nitro benzene ring substituents is 1. The molecule has 1 aromatic heterocycles. The molecule has 8 nitrogen and oxygen atoms in total. The quantitative estimate of drug-likeness (QED) is 0.363. The number of fused-ring (bicyclic) bond motifs is 1. The molecule has 0 amide bonds. The van der Waals surface area contributed by atoms with Crippen LogP contribution in [0.1, 0.15) is 17.3 Å². The lowest BCUT2D eigenvalue weighted by molar-refractivity contribution is -0.384. The van der Waals surface area contributed by atoms with E-state index < -0.39 is 0 Å². The lowest BCUT2D eigenvalue weighted by atomic mass is 10.00. The summed E-state index contributed by atoms with van der Waals surface area (Å²) in [5, 5.41) is 15.1. The minimum atomic E-state index is -0.382. The van der Waals surface area contributed by atoms with Crippen molar-refractivity contribution in [2.45, 2.75) is 12.6 Å². The molecule has 0 aliphatic carbocycles. The third kappa shape index (κ3) is 4.04. The number of nitro groups is 1. The molecule has 9 heteroatoms. The van der Waals surface area contributed by atoms with Crippen LogP contribution < -0.4 is 14.8 Å². The highest BCUT2D eigenvalue weighted by molar-refractivity contribution is 7.80. The molecule has 2 heterocycles. The first-order valence-electron chi connectivity index (χ1n) is 9.71. The van der Waals surface area contributed by atoms with Crippen molar-refractivity contribution in [2.24, 2.45) is 0 Å². The average molecular weight is 439 g/mol. The molecule has 3 aromatic rings. The summed E-state index contributed by atoms with van der Waals surface area (Å²) in [7, 11) is 3.19. The van der Waals surface area contributed by atoms with Crippen LogP contribution in [-0.4, -0.2) is 40.3 Å². The van der Waals surface area contributed by atoms with Crippen LogP contribution in [0.25, 0.3) is 0 Å². The zero-order valence-electron chi connectivity index (χ0n) is 17.1. The van der Waals surface area contributed by atoms with E-state index in [1.807, 2.05) is 47.5 Å². The summed E-state index contributed by atoms with van der Waals surface area (Å²) in [5.41, 5.74) is 2.56. The molecular formula is C22H22N4O4S. The number of hydrogen-bond acceptors (Lipinski definition) is 5. The van der Waals surface area contributed by atoms with Gasteiger partial charge in [0.2, 0.25) is 0 Å². The van der Waals surface area contributed by atoms with Crippen LogP contribution in [0.15, 0.2) is 60.8 Å². The number of anilines is 1. The van der Waals surface area contributed by atoms with Gasteiger partial charge in [0.05, 0.1) is 30.9 Å². The standard InChI is InChI=1S/C22H22N4O4S/c1-29-17-8-9-20(30-2)18(14-17)23-22(31)25-12-11-24-10-4-7-19(24)21(25)15-5-3-6-16(13-15)26(27)28/h3-10,13-14,21H,11-12H2,1-2H3,(H,23,31). The number of hydrogen-bond donors (Lipinski definition) is 1. The van der Waals surface area contributed by atoms with Gasteiger partial charge in [-0.1, -0.05) is 12.1 Å². The van der Waals surface area contributed by atoms with Crippen LogP contribution in [0.2, 0.25) is 0 Å². The van der Waals surface area contributed by atoms with Crippen molar-refractivity contribution in [2.75, 3.05) is 26.1 Å². The highest BCUT2D eigenvalue weighted by atomic mass is 32.1. The van der Waals surface area contributed by atoms with Crippen LogP contribution in [-0.2, 0) is 6.54 Å². The summed E-state index contributed by atoms with van der Waals surface area (Å²) in [6.45, 7) is 1.40. The monoisotopic (exact) mass is 438 g/mol. The van der Waals surface area contributed by atoms with Gasteiger partial charge in [-0.05, 0) is 42.0 Å². The highest BCUT2D eigenvalue weighted by Crippen LogP contribution is 2.35. The molecule has 0 bridgehead atoms. The highest BCUT2D eigenvalue weighted by Gasteiger charge is 2.31. The lowest BCUT2D eigenvalue weighted by Gasteiger charge is -2.39. The molecule has 1 aliphatic rings. The number of thiocarbonyl (C=S) groups is 1. The summed E-state index contributed by atoms with van der Waals surface area (Å²) >= 11 is 5.78. The van der Waals surface area contributed by atoms with Crippen molar-refractivity contribution >= 4 is 28.7 Å². The Morgan fingerprint density at radius 2 is 1.97 bits per heavy atom. The number of aromatic nitrogens is 1. The van der Waals surface area contributed by atoms with E-state index in [1.165, 1.54) is 6.07 Å². The Labute approximate surface area is 185 Å². The van der Waals surface area contributed by atoms with Crippen molar-refractivity contribution in [1.82, 2.24) is 9.47 Å². The average Bonchev–Trinajstić information content (AvgIpc) is 3.27. The van der Waals surface area contributed by atoms with Gasteiger partial charge in [0.1, 0.15) is 11.5 Å². The number of rotatable bonds is 5. The van der Waals surface area contributed by atoms with E-state index in [-0.39, 0.29) is 16.7 Å². The van der Waals surface area contributed by atoms with Gasteiger partial charge in [-0.15, -0.1) is 0 Å². The Balaban J connectivity index is 1.71. The van der Waals surface area contributed by atoms with E-state index >= 15 is 0 Å². The van der Waals surface area contributed by atoms with Gasteiger partial charge in [-0.25, -0.2) is 0 Å². The Morgan fingerprint density at radius 3 is 2.71 bits per heavy atom. The van der Waals surface area contributed by atoms with E-state index in [0.29, 0.717) is 28.8 Å². The maximum absolute atomic E-state index is 11.3. The predicted molar refractivity (Wildman–Crippen MR) is 122 cm³/mol. The van der Waals surface area contributed by atoms with Crippen molar-refractivity contribution in [1.29, 1.82) is 0 Å². The van der Waals surface area contributed by atoms with Crippen molar-refractivity contribution < 1.29 is 14.4 Å². The third-order valence-electron chi connectivity index (χ3n) is 5.34. The van der Waals surface area contributed by atoms with Crippen LogP contribution in [0.4, 0.5) is 11.4 Å². The first-order valence-corrected chi connectivity index (χ1v) is 10.1. The molecule has 0 fully saturated rings. The van der Waals surface area contributed by atoms with E-state index in [0.717, 1.165) is 17.8 Å². The molecule has 1 N–H and O–H groups in total. The molecule has 0 saturated heterocycles. The zero-order valence-corrected chi connectivity index (χ0v) is 18.0. The third-order valence-corrected chi connectivity index (χ3v) is 5.68. The van der Waals surface area contributed by atoms with E-state index in [4.69, 9.17) is 21.7 Å². The molecule has 2 aromatic carbocycles. The topological polar surface area (TPSA) is 81.8 Å². The Kier molecular flexibility index (Phi) is 5.77. The minimum Gasteiger partial charge on any atom is -0.497 e. The van der Waals surface area contributed by atoms with Crippen LogP contribution in [0.5, 0.6) is 11.5 Å². The minimum absolute atomic E-state index is 0.0504. The summed E-state index contributed by atoms with van der Waals surface area (Å²) in [5.74, 6) is 1.31. The number of methoxy groups -OCH3 is 2. The predicted octanol–water partition coefficient (Wildman–Crippen LogP) is 4.22. The Hall–Kier alpha value is -3.59. The van der Waals surface area contributed by atoms with Gasteiger partial charge < -0.3 is 24.3 Å². The number of nitrogens with zero attached hydrogens (tertiary/aromatic N) is 3. The SMILES string of the molecule is COc1ccc(OC)c(NC(=S)N2CCn3cccc3C2c2cccc([N+](=O)[O-])c2)c1. The summed E-state index contributed by atoms with van der Waals surface area (Å²) in [6.07, 6.45) is 2.01. The molecule has 0 radical (unpaired) electrons. The van der Waals surface area contributed by atoms with E-state index in [1.54, 1.807) is 26.4 Å². The molecule has 0 saturated carbocycles. The second-order valence-corrected chi connectivity index (χ2v) is 7.46. The first kappa shape index (κ1) is 20.7. The van der Waals surface area contributed by atoms with Crippen molar-refractivity contribution in [3.63, 3.8) is 0 Å². The number of nitrogens with one attached hydrogen (secondary N) is 1. The molecule has 1 atom stereocenters. The maximum atomic E-state index is 11.3. The molecule has 4 rings (SSSR count). The lowest BCUT2D eigenvalue weighted by Crippen LogP contribution is -2.44. The van der Waals surface area contributed by atoms with Gasteiger partial charge in [-0.2, -0.15) is 0 Å². The molecular weight excluding hydrogens is 416 g/mol. The summed E-state index contributed by atoms with van der Waals surface area (Å²) < 4.78 is 12.9. The second kappa shape index (κ2) is 8.65. The van der Waals surface area contributed by atoms with Gasteiger partial charge in [0, 0.05) is 43.2 Å². The molecule has 1 aliphatic heterocycles. The number of ether oxygens (including phenoxy) is 2. The molecule has 0 spiro atoms. The van der Waals surface area contributed by atoms with Crippen molar-refractivity contribution in [3.05, 3.63) is 82.2 Å². The summed E-state index contributed by atoms with van der Waals surface area (Å²) in [6, 6.07) is 15.9. The van der Waals surface area contributed by atoms with E-state index in [2.05, 4.69) is 9.88 Å². The van der Waals surface area contributed by atoms with Crippen LogP contribution in [0, 0.1) is 10.1 Å². The normalized spacial score (nSPS) is 15.2. The second-order valence-electron chi connectivity index (χ2n) is 7.07. The molecule has 160 valence electrons. The zero-order chi connectivity index (χ0) is 22.0. The largest absolute Gasteiger partial charge is 0.497 e. The van der Waals surface area contributed by atoms with E-state index in [9.17, 15) is 10.1 Å². The Bertz CT molecular complexity index is 1130. The first-order chi connectivity index (χ1) is 15.0. The van der Waals surface area contributed by atoms with Crippen LogP contribution >= 0.6 is 12.2 Å². The fraction of sp³-hybridized carbons (Fsp3) is 0.227. The van der Waals surface area contributed by atoms with Gasteiger partial charge in [0.25, 0.3) is 5.69 Å². The van der Waals surface area contributed by atoms with Crippen molar-refractivity contribution in [3.8, 4) is 11.5 Å². The number of benzene rings is 2. The maximum Gasteiger partial charge on any atom is 0.269 e. The van der Waals surface area contributed by atoms with Gasteiger partial charge in [-0.3, -0.25) is 10.1 Å². The summed E-state index contributed by atoms with van der Waals surface area (Å²) in [4.78, 5) is 13.0. The van der Waals surface area contributed by atoms with Gasteiger partial charge >= 0.3 is 0 Å². The van der Waals surface area contributed by atoms with Gasteiger partial charge in [0.15, 0.2) is 5.11 Å². The molecule has 31 heavy (non-hydrogen) atoms.